The number of benzene rings is 1. The van der Waals surface area contributed by atoms with E-state index in [1.54, 1.807) is 7.11 Å². The van der Waals surface area contributed by atoms with E-state index in [9.17, 15) is 4.79 Å². The fourth-order valence-corrected chi connectivity index (χ4v) is 2.17. The first-order valence-corrected chi connectivity index (χ1v) is 7.84. The summed E-state index contributed by atoms with van der Waals surface area (Å²) in [6.07, 6.45) is 2.56. The number of rotatable bonds is 9. The van der Waals surface area contributed by atoms with Gasteiger partial charge in [-0.05, 0) is 37.3 Å². The van der Waals surface area contributed by atoms with Crippen molar-refractivity contribution >= 4 is 5.91 Å². The quantitative estimate of drug-likeness (QED) is 0.729. The Bertz CT molecular complexity index is 497. The summed E-state index contributed by atoms with van der Waals surface area (Å²) in [5.74, 6) is 1.51. The van der Waals surface area contributed by atoms with Gasteiger partial charge in [-0.2, -0.15) is 0 Å². The summed E-state index contributed by atoms with van der Waals surface area (Å²) in [5, 5.41) is 2.91. The second-order valence-electron chi connectivity index (χ2n) is 5.94. The van der Waals surface area contributed by atoms with E-state index in [4.69, 9.17) is 15.2 Å². The number of nitrogens with one attached hydrogen (secondary N) is 1. The van der Waals surface area contributed by atoms with Crippen LogP contribution in [0.15, 0.2) is 18.2 Å². The molecule has 5 nitrogen and oxygen atoms in total. The van der Waals surface area contributed by atoms with Gasteiger partial charge in [0, 0.05) is 25.8 Å². The summed E-state index contributed by atoms with van der Waals surface area (Å²) < 4.78 is 11.0. The van der Waals surface area contributed by atoms with Crippen molar-refractivity contribution in [3.8, 4) is 5.75 Å². The van der Waals surface area contributed by atoms with E-state index in [1.165, 1.54) is 12.8 Å². The van der Waals surface area contributed by atoms with Gasteiger partial charge in [0.1, 0.15) is 5.75 Å². The van der Waals surface area contributed by atoms with E-state index in [0.717, 1.165) is 23.5 Å². The van der Waals surface area contributed by atoms with Crippen LogP contribution in [0.5, 0.6) is 5.75 Å². The molecule has 1 unspecified atom stereocenters. The van der Waals surface area contributed by atoms with Crippen molar-refractivity contribution in [3.63, 3.8) is 0 Å². The molecule has 122 valence electrons. The predicted octanol–water partition coefficient (Wildman–Crippen LogP) is 1.76. The molecule has 0 spiro atoms. The normalized spacial score (nSPS) is 15.4. The van der Waals surface area contributed by atoms with E-state index in [0.29, 0.717) is 19.0 Å². The van der Waals surface area contributed by atoms with Gasteiger partial charge in [0.05, 0.1) is 19.1 Å². The molecule has 1 amide bonds. The second-order valence-corrected chi connectivity index (χ2v) is 5.94. The van der Waals surface area contributed by atoms with E-state index in [2.05, 4.69) is 5.32 Å². The lowest BCUT2D eigenvalue weighted by molar-refractivity contribution is -0.123. The first kappa shape index (κ1) is 16.8. The summed E-state index contributed by atoms with van der Waals surface area (Å²) in [4.78, 5) is 11.9. The molecule has 0 radical (unpaired) electrons. The highest BCUT2D eigenvalue weighted by Gasteiger charge is 2.22. The van der Waals surface area contributed by atoms with Crippen molar-refractivity contribution in [2.45, 2.75) is 38.8 Å². The highest BCUT2D eigenvalue weighted by molar-refractivity contribution is 5.76. The topological polar surface area (TPSA) is 73.6 Å². The maximum absolute atomic E-state index is 11.9. The van der Waals surface area contributed by atoms with Crippen molar-refractivity contribution in [2.24, 2.45) is 11.7 Å². The number of carbonyl (C=O) groups is 1. The fourth-order valence-electron chi connectivity index (χ4n) is 2.17. The van der Waals surface area contributed by atoms with Gasteiger partial charge in [0.2, 0.25) is 5.91 Å². The molecule has 2 rings (SSSR count). The van der Waals surface area contributed by atoms with Gasteiger partial charge in [-0.15, -0.1) is 0 Å². The molecular weight excluding hydrogens is 280 g/mol. The Morgan fingerprint density at radius 1 is 1.45 bits per heavy atom. The molecular formula is C17H26N2O3. The fraction of sp³-hybridized carbons (Fsp3) is 0.588. The zero-order valence-corrected chi connectivity index (χ0v) is 13.4. The standard InChI is InChI=1S/C17H26N2O3/c1-12-3-6-14(16(7-12)22-11-13-4-5-13)10-19-17(20)8-15(9-18)21-2/h3,6-7,13,15H,4-5,8-11,18H2,1-2H3,(H,19,20). The first-order valence-electron chi connectivity index (χ1n) is 7.84. The molecule has 3 N–H and O–H groups in total. The third-order valence-electron chi connectivity index (χ3n) is 3.88. The molecule has 1 fully saturated rings. The van der Waals surface area contributed by atoms with Gasteiger partial charge in [-0.1, -0.05) is 12.1 Å². The summed E-state index contributed by atoms with van der Waals surface area (Å²) in [7, 11) is 1.56. The van der Waals surface area contributed by atoms with E-state index < -0.39 is 0 Å². The van der Waals surface area contributed by atoms with Gasteiger partial charge >= 0.3 is 0 Å². The van der Waals surface area contributed by atoms with Crippen LogP contribution in [-0.4, -0.2) is 32.3 Å². The van der Waals surface area contributed by atoms with Gasteiger partial charge in [0.15, 0.2) is 0 Å². The van der Waals surface area contributed by atoms with Crippen molar-refractivity contribution in [1.82, 2.24) is 5.32 Å². The predicted molar refractivity (Wildman–Crippen MR) is 85.7 cm³/mol. The third kappa shape index (κ3) is 5.31. The van der Waals surface area contributed by atoms with E-state index in [1.807, 2.05) is 25.1 Å². The maximum Gasteiger partial charge on any atom is 0.222 e. The molecule has 1 aromatic carbocycles. The highest BCUT2D eigenvalue weighted by atomic mass is 16.5. The Balaban J connectivity index is 1.88. The lowest BCUT2D eigenvalue weighted by Gasteiger charge is -2.15. The second kappa shape index (κ2) is 8.15. The van der Waals surface area contributed by atoms with Gasteiger partial charge in [-0.25, -0.2) is 0 Å². The summed E-state index contributed by atoms with van der Waals surface area (Å²) in [6.45, 7) is 3.60. The molecule has 0 heterocycles. The summed E-state index contributed by atoms with van der Waals surface area (Å²) in [6, 6.07) is 6.07. The first-order chi connectivity index (χ1) is 10.6. The van der Waals surface area contributed by atoms with Crippen LogP contribution in [0.2, 0.25) is 0 Å². The van der Waals surface area contributed by atoms with Crippen LogP contribution in [0.1, 0.15) is 30.4 Å². The Morgan fingerprint density at radius 2 is 2.23 bits per heavy atom. The lowest BCUT2D eigenvalue weighted by Crippen LogP contribution is -2.32. The SMILES string of the molecule is COC(CN)CC(=O)NCc1ccc(C)cc1OCC1CC1. The molecule has 1 aromatic rings. The molecule has 0 aromatic heterocycles. The highest BCUT2D eigenvalue weighted by Crippen LogP contribution is 2.30. The minimum absolute atomic E-state index is 0.0639. The monoisotopic (exact) mass is 306 g/mol. The molecule has 0 bridgehead atoms. The Morgan fingerprint density at radius 3 is 2.86 bits per heavy atom. The van der Waals surface area contributed by atoms with Crippen LogP contribution in [0.3, 0.4) is 0 Å². The number of amides is 1. The van der Waals surface area contributed by atoms with Gasteiger partial charge in [0.25, 0.3) is 0 Å². The molecule has 1 aliphatic carbocycles. The lowest BCUT2D eigenvalue weighted by atomic mass is 10.1. The summed E-state index contributed by atoms with van der Waals surface area (Å²) in [5.41, 5.74) is 7.69. The number of hydrogen-bond acceptors (Lipinski definition) is 4. The van der Waals surface area contributed by atoms with Crippen LogP contribution >= 0.6 is 0 Å². The van der Waals surface area contributed by atoms with Gasteiger partial charge < -0.3 is 20.5 Å². The molecule has 0 saturated heterocycles. The largest absolute Gasteiger partial charge is 0.493 e. The van der Waals surface area contributed by atoms with Gasteiger partial charge in [-0.3, -0.25) is 4.79 Å². The molecule has 22 heavy (non-hydrogen) atoms. The molecule has 1 saturated carbocycles. The van der Waals surface area contributed by atoms with Crippen molar-refractivity contribution in [1.29, 1.82) is 0 Å². The molecule has 1 aliphatic rings. The molecule has 1 atom stereocenters. The Labute approximate surface area is 132 Å². The van der Waals surface area contributed by atoms with Crippen LogP contribution < -0.4 is 15.8 Å². The average Bonchev–Trinajstić information content (AvgIpc) is 3.33. The number of aryl methyl sites for hydroxylation is 1. The number of carbonyl (C=O) groups excluding carboxylic acids is 1. The van der Waals surface area contributed by atoms with Crippen LogP contribution in [-0.2, 0) is 16.1 Å². The summed E-state index contributed by atoms with van der Waals surface area (Å²) >= 11 is 0. The third-order valence-corrected chi connectivity index (χ3v) is 3.88. The smallest absolute Gasteiger partial charge is 0.222 e. The van der Waals surface area contributed by atoms with E-state index >= 15 is 0 Å². The number of hydrogen-bond donors (Lipinski definition) is 2. The van der Waals surface area contributed by atoms with Crippen molar-refractivity contribution in [2.75, 3.05) is 20.3 Å². The van der Waals surface area contributed by atoms with Crippen molar-refractivity contribution < 1.29 is 14.3 Å². The van der Waals surface area contributed by atoms with Crippen molar-refractivity contribution in [3.05, 3.63) is 29.3 Å². The Kier molecular flexibility index (Phi) is 6.21. The van der Waals surface area contributed by atoms with E-state index in [-0.39, 0.29) is 18.4 Å². The average molecular weight is 306 g/mol. The number of methoxy groups -OCH3 is 1. The van der Waals surface area contributed by atoms with Crippen LogP contribution in [0.4, 0.5) is 0 Å². The minimum atomic E-state index is -0.233. The Hall–Kier alpha value is -1.59. The number of ether oxygens (including phenoxy) is 2. The number of nitrogens with two attached hydrogens (primary N) is 1. The molecule has 5 heteroatoms. The van der Waals surface area contributed by atoms with Crippen LogP contribution in [0.25, 0.3) is 0 Å². The van der Waals surface area contributed by atoms with Crippen LogP contribution in [0, 0.1) is 12.8 Å². The molecule has 0 aliphatic heterocycles. The zero-order chi connectivity index (χ0) is 15.9. The zero-order valence-electron chi connectivity index (χ0n) is 13.4. The minimum Gasteiger partial charge on any atom is -0.493 e. The maximum atomic E-state index is 11.9.